The van der Waals surface area contributed by atoms with E-state index in [9.17, 15) is 9.90 Å². The molecule has 122 valence electrons. The molecule has 1 N–H and O–H groups in total. The molecule has 1 fully saturated rings. The standard InChI is InChI=1S/C17H12BrNO3S2/c1-22-13-8-10(7-12(18)15(13)20)9-14-16(21)19(17(23)24-14)11-5-3-2-4-6-11/h2-9,20H,1H3/b14-9-. The maximum absolute atomic E-state index is 12.7. The number of amides is 1. The second-order valence-corrected chi connectivity index (χ2v) is 7.44. The molecule has 0 aliphatic carbocycles. The molecule has 1 amide bonds. The maximum Gasteiger partial charge on any atom is 0.270 e. The molecule has 4 nitrogen and oxygen atoms in total. The van der Waals surface area contributed by atoms with E-state index >= 15 is 0 Å². The van der Waals surface area contributed by atoms with Gasteiger partial charge >= 0.3 is 0 Å². The van der Waals surface area contributed by atoms with Crippen LogP contribution in [0.1, 0.15) is 5.56 Å². The summed E-state index contributed by atoms with van der Waals surface area (Å²) in [7, 11) is 1.47. The molecular weight excluding hydrogens is 410 g/mol. The first kappa shape index (κ1) is 17.0. The van der Waals surface area contributed by atoms with Crippen molar-refractivity contribution < 1.29 is 14.6 Å². The van der Waals surface area contributed by atoms with Gasteiger partial charge in [-0.05, 0) is 51.8 Å². The number of nitrogens with zero attached hydrogens (tertiary/aromatic N) is 1. The molecule has 0 radical (unpaired) electrons. The highest BCUT2D eigenvalue weighted by Crippen LogP contribution is 2.39. The van der Waals surface area contributed by atoms with Gasteiger partial charge in [-0.2, -0.15) is 0 Å². The van der Waals surface area contributed by atoms with Crippen LogP contribution in [0, 0.1) is 0 Å². The van der Waals surface area contributed by atoms with Crippen molar-refractivity contribution in [3.8, 4) is 11.5 Å². The van der Waals surface area contributed by atoms with Crippen molar-refractivity contribution in [1.29, 1.82) is 0 Å². The number of benzene rings is 2. The Morgan fingerprint density at radius 3 is 2.67 bits per heavy atom. The highest BCUT2D eigenvalue weighted by atomic mass is 79.9. The van der Waals surface area contributed by atoms with Crippen LogP contribution in [0.25, 0.3) is 6.08 Å². The van der Waals surface area contributed by atoms with E-state index in [4.69, 9.17) is 17.0 Å². The number of para-hydroxylation sites is 1. The second kappa shape index (κ2) is 6.96. The number of aromatic hydroxyl groups is 1. The van der Waals surface area contributed by atoms with Crippen molar-refractivity contribution in [2.45, 2.75) is 0 Å². The van der Waals surface area contributed by atoms with E-state index in [0.717, 1.165) is 11.3 Å². The number of carbonyl (C=O) groups excluding carboxylic acids is 1. The van der Waals surface area contributed by atoms with Gasteiger partial charge in [0.15, 0.2) is 15.8 Å². The van der Waals surface area contributed by atoms with Crippen LogP contribution in [0.5, 0.6) is 11.5 Å². The summed E-state index contributed by atoms with van der Waals surface area (Å²) in [6.07, 6.45) is 1.73. The molecule has 0 saturated carbocycles. The highest BCUT2D eigenvalue weighted by Gasteiger charge is 2.33. The number of anilines is 1. The Morgan fingerprint density at radius 1 is 1.29 bits per heavy atom. The maximum atomic E-state index is 12.7. The molecule has 2 aromatic rings. The zero-order valence-corrected chi connectivity index (χ0v) is 15.7. The number of hydrogen-bond acceptors (Lipinski definition) is 5. The van der Waals surface area contributed by atoms with Crippen LogP contribution in [0.3, 0.4) is 0 Å². The Balaban J connectivity index is 1.97. The van der Waals surface area contributed by atoms with Gasteiger partial charge in [0.05, 0.1) is 22.2 Å². The fourth-order valence-corrected chi connectivity index (χ4v) is 4.01. The van der Waals surface area contributed by atoms with Gasteiger partial charge in [0.2, 0.25) is 0 Å². The topological polar surface area (TPSA) is 49.8 Å². The molecule has 0 atom stereocenters. The third-order valence-corrected chi connectivity index (χ3v) is 5.28. The Bertz CT molecular complexity index is 852. The first-order valence-electron chi connectivity index (χ1n) is 6.91. The minimum atomic E-state index is -0.167. The van der Waals surface area contributed by atoms with E-state index < -0.39 is 0 Å². The number of carbonyl (C=O) groups is 1. The quantitative estimate of drug-likeness (QED) is 0.580. The first-order chi connectivity index (χ1) is 11.5. The zero-order chi connectivity index (χ0) is 17.3. The molecule has 2 aromatic carbocycles. The molecular formula is C17H12BrNO3S2. The minimum absolute atomic E-state index is 0.0199. The summed E-state index contributed by atoms with van der Waals surface area (Å²) >= 11 is 9.86. The van der Waals surface area contributed by atoms with Crippen LogP contribution in [0.15, 0.2) is 51.8 Å². The normalized spacial score (nSPS) is 16.1. The number of hydrogen-bond donors (Lipinski definition) is 1. The van der Waals surface area contributed by atoms with Crippen molar-refractivity contribution in [2.24, 2.45) is 0 Å². The number of thiocarbonyl (C=S) groups is 1. The van der Waals surface area contributed by atoms with E-state index in [1.807, 2.05) is 30.3 Å². The number of ether oxygens (including phenoxy) is 1. The van der Waals surface area contributed by atoms with Gasteiger partial charge in [0.1, 0.15) is 0 Å². The average Bonchev–Trinajstić information content (AvgIpc) is 2.85. The molecule has 1 heterocycles. The van der Waals surface area contributed by atoms with E-state index in [-0.39, 0.29) is 11.7 Å². The predicted octanol–water partition coefficient (Wildman–Crippen LogP) is 4.57. The van der Waals surface area contributed by atoms with Crippen molar-refractivity contribution >= 4 is 61.9 Å². The van der Waals surface area contributed by atoms with Crippen LogP contribution in [-0.4, -0.2) is 22.4 Å². The van der Waals surface area contributed by atoms with Gasteiger partial charge in [0.25, 0.3) is 5.91 Å². The van der Waals surface area contributed by atoms with Crippen LogP contribution in [0.4, 0.5) is 5.69 Å². The lowest BCUT2D eigenvalue weighted by atomic mass is 10.2. The molecule has 3 rings (SSSR count). The summed E-state index contributed by atoms with van der Waals surface area (Å²) in [6, 6.07) is 12.7. The Morgan fingerprint density at radius 2 is 2.00 bits per heavy atom. The second-order valence-electron chi connectivity index (χ2n) is 4.91. The molecule has 0 aromatic heterocycles. The summed E-state index contributed by atoms with van der Waals surface area (Å²) in [5.74, 6) is 0.181. The lowest BCUT2D eigenvalue weighted by molar-refractivity contribution is -0.113. The highest BCUT2D eigenvalue weighted by molar-refractivity contribution is 9.10. The molecule has 1 saturated heterocycles. The van der Waals surface area contributed by atoms with Gasteiger partial charge in [-0.3, -0.25) is 9.69 Å². The molecule has 24 heavy (non-hydrogen) atoms. The molecule has 0 bridgehead atoms. The van der Waals surface area contributed by atoms with Crippen LogP contribution in [0.2, 0.25) is 0 Å². The Hall–Kier alpha value is -1.83. The lowest BCUT2D eigenvalue weighted by Gasteiger charge is -2.13. The van der Waals surface area contributed by atoms with Gasteiger partial charge < -0.3 is 9.84 Å². The summed E-state index contributed by atoms with van der Waals surface area (Å²) < 4.78 is 6.11. The van der Waals surface area contributed by atoms with Crippen molar-refractivity contribution in [2.75, 3.05) is 12.0 Å². The van der Waals surface area contributed by atoms with E-state index in [0.29, 0.717) is 19.4 Å². The number of phenols is 1. The first-order valence-corrected chi connectivity index (χ1v) is 8.92. The average molecular weight is 422 g/mol. The Kier molecular flexibility index (Phi) is 4.93. The monoisotopic (exact) mass is 421 g/mol. The zero-order valence-electron chi connectivity index (χ0n) is 12.5. The van der Waals surface area contributed by atoms with Crippen molar-refractivity contribution in [3.63, 3.8) is 0 Å². The number of rotatable bonds is 3. The summed E-state index contributed by atoms with van der Waals surface area (Å²) in [4.78, 5) is 14.7. The van der Waals surface area contributed by atoms with Gasteiger partial charge in [-0.25, -0.2) is 0 Å². The number of thioether (sulfide) groups is 1. The van der Waals surface area contributed by atoms with E-state index in [1.165, 1.54) is 23.8 Å². The largest absolute Gasteiger partial charge is 0.503 e. The molecule has 1 aliphatic rings. The van der Waals surface area contributed by atoms with Gasteiger partial charge in [-0.1, -0.05) is 42.2 Å². The number of halogens is 1. The summed E-state index contributed by atoms with van der Waals surface area (Å²) in [5, 5.41) is 9.87. The van der Waals surface area contributed by atoms with E-state index in [2.05, 4.69) is 15.9 Å². The summed E-state index contributed by atoms with van der Waals surface area (Å²) in [6.45, 7) is 0. The lowest BCUT2D eigenvalue weighted by Crippen LogP contribution is -2.27. The molecule has 7 heteroatoms. The van der Waals surface area contributed by atoms with Crippen LogP contribution in [-0.2, 0) is 4.79 Å². The molecule has 1 aliphatic heterocycles. The minimum Gasteiger partial charge on any atom is -0.503 e. The van der Waals surface area contributed by atoms with Gasteiger partial charge in [0, 0.05) is 0 Å². The number of phenolic OH excluding ortho intramolecular Hbond substituents is 1. The van der Waals surface area contributed by atoms with Crippen molar-refractivity contribution in [3.05, 3.63) is 57.4 Å². The fourth-order valence-electron chi connectivity index (χ4n) is 2.25. The molecule has 0 unspecified atom stereocenters. The number of methoxy groups -OCH3 is 1. The van der Waals surface area contributed by atoms with E-state index in [1.54, 1.807) is 18.2 Å². The molecule has 0 spiro atoms. The third kappa shape index (κ3) is 3.19. The van der Waals surface area contributed by atoms with Crippen molar-refractivity contribution in [1.82, 2.24) is 0 Å². The van der Waals surface area contributed by atoms with Crippen LogP contribution >= 0.6 is 39.9 Å². The van der Waals surface area contributed by atoms with Gasteiger partial charge in [-0.15, -0.1) is 0 Å². The third-order valence-electron chi connectivity index (χ3n) is 3.38. The van der Waals surface area contributed by atoms with Crippen LogP contribution < -0.4 is 9.64 Å². The summed E-state index contributed by atoms with van der Waals surface area (Å²) in [5.41, 5.74) is 1.47. The smallest absolute Gasteiger partial charge is 0.270 e. The fraction of sp³-hybridized carbons (Fsp3) is 0.0588. The predicted molar refractivity (Wildman–Crippen MR) is 104 cm³/mol. The SMILES string of the molecule is COc1cc(/C=C2\SC(=S)N(c3ccccc3)C2=O)cc(Br)c1O. The Labute approximate surface area is 157 Å².